The van der Waals surface area contributed by atoms with Crippen LogP contribution in [0.4, 0.5) is 30.5 Å². The van der Waals surface area contributed by atoms with Gasteiger partial charge in [0.2, 0.25) is 5.91 Å². The predicted octanol–water partition coefficient (Wildman–Crippen LogP) is 3.78. The number of amides is 1. The third-order valence-electron chi connectivity index (χ3n) is 5.89. The van der Waals surface area contributed by atoms with Crippen LogP contribution >= 0.6 is 0 Å². The van der Waals surface area contributed by atoms with Crippen LogP contribution in [0.2, 0.25) is 0 Å². The van der Waals surface area contributed by atoms with Crippen molar-refractivity contribution in [2.24, 2.45) is 0 Å². The van der Waals surface area contributed by atoms with E-state index < -0.39 is 17.8 Å². The van der Waals surface area contributed by atoms with Crippen LogP contribution in [0, 0.1) is 6.92 Å². The molecule has 8 nitrogen and oxygen atoms in total. The van der Waals surface area contributed by atoms with Crippen molar-refractivity contribution in [1.82, 2.24) is 19.9 Å². The van der Waals surface area contributed by atoms with Gasteiger partial charge in [0.1, 0.15) is 17.5 Å². The molecule has 3 aromatic rings. The highest BCUT2D eigenvalue weighted by atomic mass is 19.4. The van der Waals surface area contributed by atoms with E-state index in [1.807, 2.05) is 6.07 Å². The summed E-state index contributed by atoms with van der Waals surface area (Å²) in [6.07, 6.45) is -2.83. The molecule has 1 amide bonds. The topological polar surface area (TPSA) is 100 Å². The Labute approximate surface area is 195 Å². The van der Waals surface area contributed by atoms with Crippen LogP contribution in [0.5, 0.6) is 0 Å². The number of nitrogens with zero attached hydrogens (tertiary/aromatic N) is 5. The zero-order valence-corrected chi connectivity index (χ0v) is 19.1. The predicted molar refractivity (Wildman–Crippen MR) is 124 cm³/mol. The molecule has 4 rings (SSSR count). The number of fused-ring (bicyclic) bond motifs is 1. The maximum absolute atomic E-state index is 13.3. The van der Waals surface area contributed by atoms with Gasteiger partial charge in [0.25, 0.3) is 0 Å². The third-order valence-corrected chi connectivity index (χ3v) is 5.89. The average molecular weight is 474 g/mol. The van der Waals surface area contributed by atoms with Crippen LogP contribution in [0.1, 0.15) is 36.8 Å². The number of nitrogen functional groups attached to an aromatic ring is 1. The van der Waals surface area contributed by atoms with Gasteiger partial charge in [-0.3, -0.25) is 4.79 Å². The first-order chi connectivity index (χ1) is 16.0. The van der Waals surface area contributed by atoms with Crippen LogP contribution in [-0.2, 0) is 11.0 Å². The molecule has 1 atom stereocenters. The monoisotopic (exact) mass is 473 g/mol. The number of pyridine rings is 1. The molecule has 11 heteroatoms. The van der Waals surface area contributed by atoms with Crippen molar-refractivity contribution >= 4 is 34.1 Å². The number of hydrogen-bond donors (Lipinski definition) is 2. The lowest BCUT2D eigenvalue weighted by molar-refractivity contribution is -0.137. The summed E-state index contributed by atoms with van der Waals surface area (Å²) in [5, 5.41) is 3.93. The van der Waals surface area contributed by atoms with Crippen LogP contribution < -0.4 is 16.0 Å². The SMILES string of the molecule is CC(=O)N1CCN(c2cc3c(NC(C)c4cc(N)cc(C(F)(F)F)c4)nc(C)nc3cn2)CC1. The van der Waals surface area contributed by atoms with Gasteiger partial charge in [-0.2, -0.15) is 13.2 Å². The Kier molecular flexibility index (Phi) is 6.20. The quantitative estimate of drug-likeness (QED) is 0.557. The molecule has 0 aliphatic carbocycles. The minimum absolute atomic E-state index is 0.0402. The summed E-state index contributed by atoms with van der Waals surface area (Å²) < 4.78 is 39.8. The number of piperazine rings is 1. The Balaban J connectivity index is 1.64. The van der Waals surface area contributed by atoms with Gasteiger partial charge in [0.15, 0.2) is 0 Å². The molecule has 1 fully saturated rings. The van der Waals surface area contributed by atoms with E-state index in [1.54, 1.807) is 31.9 Å². The van der Waals surface area contributed by atoms with E-state index >= 15 is 0 Å². The number of halogens is 3. The van der Waals surface area contributed by atoms with Gasteiger partial charge in [-0.25, -0.2) is 15.0 Å². The highest BCUT2D eigenvalue weighted by Gasteiger charge is 2.31. The summed E-state index contributed by atoms with van der Waals surface area (Å²) in [7, 11) is 0. The fourth-order valence-electron chi connectivity index (χ4n) is 4.05. The first kappa shape index (κ1) is 23.5. The molecule has 2 aromatic heterocycles. The van der Waals surface area contributed by atoms with Crippen molar-refractivity contribution in [2.45, 2.75) is 33.0 Å². The summed E-state index contributed by atoms with van der Waals surface area (Å²) in [5.41, 5.74) is 6.00. The van der Waals surface area contributed by atoms with Gasteiger partial charge in [0.05, 0.1) is 23.3 Å². The molecule has 180 valence electrons. The molecule has 0 spiro atoms. The highest BCUT2D eigenvalue weighted by Crippen LogP contribution is 2.34. The van der Waals surface area contributed by atoms with Gasteiger partial charge in [-0.1, -0.05) is 0 Å². The average Bonchev–Trinajstić information content (AvgIpc) is 2.77. The first-order valence-electron chi connectivity index (χ1n) is 10.9. The van der Waals surface area contributed by atoms with Crippen molar-refractivity contribution in [3.05, 3.63) is 47.4 Å². The van der Waals surface area contributed by atoms with Crippen molar-refractivity contribution < 1.29 is 18.0 Å². The summed E-state index contributed by atoms with van der Waals surface area (Å²) in [6.45, 7) is 7.56. The van der Waals surface area contributed by atoms with E-state index in [-0.39, 0.29) is 11.6 Å². The van der Waals surface area contributed by atoms with Crippen LogP contribution in [0.15, 0.2) is 30.5 Å². The minimum Gasteiger partial charge on any atom is -0.399 e. The summed E-state index contributed by atoms with van der Waals surface area (Å²) in [4.78, 5) is 29.0. The molecule has 0 radical (unpaired) electrons. The number of rotatable bonds is 4. The Hall–Kier alpha value is -3.63. The molecule has 0 saturated carbocycles. The van der Waals surface area contributed by atoms with Crippen LogP contribution in [0.3, 0.4) is 0 Å². The molecule has 0 bridgehead atoms. The number of nitrogens with two attached hydrogens (primary N) is 1. The molecule has 1 saturated heterocycles. The smallest absolute Gasteiger partial charge is 0.399 e. The number of nitrogens with one attached hydrogen (secondary N) is 1. The van der Waals surface area contributed by atoms with E-state index in [1.165, 1.54) is 6.07 Å². The Bertz CT molecular complexity index is 1220. The maximum atomic E-state index is 13.3. The van der Waals surface area contributed by atoms with Crippen LogP contribution in [0.25, 0.3) is 10.9 Å². The fourth-order valence-corrected chi connectivity index (χ4v) is 4.05. The zero-order chi connectivity index (χ0) is 24.6. The van der Waals surface area contributed by atoms with E-state index in [9.17, 15) is 18.0 Å². The summed E-state index contributed by atoms with van der Waals surface area (Å²) in [5.74, 6) is 1.78. The normalized spacial score (nSPS) is 15.5. The van der Waals surface area contributed by atoms with Gasteiger partial charge >= 0.3 is 6.18 Å². The standard InChI is InChI=1S/C23H26F3N7O/c1-13(16-8-17(23(24,25)26)10-18(27)9-16)29-22-19-11-21(28-12-20(19)30-14(2)31-22)33-6-4-32(5-7-33)15(3)34/h8-13H,4-7,27H2,1-3H3,(H,29,30,31). The molecule has 3 N–H and O–H groups in total. The van der Waals surface area contributed by atoms with Gasteiger partial charge in [0, 0.05) is 44.2 Å². The highest BCUT2D eigenvalue weighted by molar-refractivity contribution is 5.90. The molecular weight excluding hydrogens is 447 g/mol. The lowest BCUT2D eigenvalue weighted by Crippen LogP contribution is -2.48. The second-order valence-electron chi connectivity index (χ2n) is 8.42. The zero-order valence-electron chi connectivity index (χ0n) is 19.1. The molecule has 34 heavy (non-hydrogen) atoms. The van der Waals surface area contributed by atoms with E-state index in [2.05, 4.69) is 25.2 Å². The number of benzene rings is 1. The number of anilines is 3. The Morgan fingerprint density at radius 2 is 1.82 bits per heavy atom. The second kappa shape index (κ2) is 8.96. The third kappa shape index (κ3) is 4.97. The summed E-state index contributed by atoms with van der Waals surface area (Å²) in [6, 6.07) is 4.90. The molecular formula is C23H26F3N7O. The Morgan fingerprint density at radius 3 is 2.47 bits per heavy atom. The number of carbonyl (C=O) groups is 1. The van der Waals surface area contributed by atoms with Crippen molar-refractivity contribution in [3.8, 4) is 0 Å². The van der Waals surface area contributed by atoms with E-state index in [4.69, 9.17) is 5.73 Å². The minimum atomic E-state index is -4.49. The largest absolute Gasteiger partial charge is 0.416 e. The number of carbonyl (C=O) groups excluding carboxylic acids is 1. The summed E-state index contributed by atoms with van der Waals surface area (Å²) >= 11 is 0. The number of alkyl halides is 3. The van der Waals surface area contributed by atoms with Crippen molar-refractivity contribution in [2.75, 3.05) is 42.1 Å². The first-order valence-corrected chi connectivity index (χ1v) is 10.9. The molecule has 1 aliphatic rings. The van der Waals surface area contributed by atoms with Gasteiger partial charge in [-0.15, -0.1) is 0 Å². The van der Waals surface area contributed by atoms with E-state index in [0.717, 1.165) is 18.0 Å². The fraction of sp³-hybridized carbons (Fsp3) is 0.391. The Morgan fingerprint density at radius 1 is 1.12 bits per heavy atom. The molecule has 3 heterocycles. The second-order valence-corrected chi connectivity index (χ2v) is 8.42. The van der Waals surface area contributed by atoms with Crippen LogP contribution in [-0.4, -0.2) is 51.9 Å². The molecule has 1 aliphatic heterocycles. The van der Waals surface area contributed by atoms with Gasteiger partial charge in [-0.05, 0) is 43.7 Å². The molecule has 1 aromatic carbocycles. The van der Waals surface area contributed by atoms with Gasteiger partial charge < -0.3 is 20.9 Å². The van der Waals surface area contributed by atoms with Crippen molar-refractivity contribution in [3.63, 3.8) is 0 Å². The molecule has 1 unspecified atom stereocenters. The number of hydrogen-bond acceptors (Lipinski definition) is 7. The number of aryl methyl sites for hydroxylation is 1. The number of aromatic nitrogens is 3. The van der Waals surface area contributed by atoms with E-state index in [0.29, 0.717) is 54.3 Å². The lowest BCUT2D eigenvalue weighted by Gasteiger charge is -2.35. The lowest BCUT2D eigenvalue weighted by atomic mass is 10.0. The maximum Gasteiger partial charge on any atom is 0.416 e. The van der Waals surface area contributed by atoms with Crippen molar-refractivity contribution in [1.29, 1.82) is 0 Å².